The van der Waals surface area contributed by atoms with Gasteiger partial charge < -0.3 is 24.4 Å². The SMILES string of the molecule is CC(=O)N1CC[NH+](CCOc2ccccc2C(=O)[O-])CC1. The molecule has 1 amide bonds. The van der Waals surface area contributed by atoms with Crippen LogP contribution in [0.15, 0.2) is 24.3 Å². The quantitative estimate of drug-likeness (QED) is 0.693. The maximum atomic E-state index is 11.2. The van der Waals surface area contributed by atoms with Crippen molar-refractivity contribution in [1.82, 2.24) is 4.90 Å². The summed E-state index contributed by atoms with van der Waals surface area (Å²) in [5, 5.41) is 11.0. The summed E-state index contributed by atoms with van der Waals surface area (Å²) in [6, 6.07) is 6.49. The van der Waals surface area contributed by atoms with E-state index < -0.39 is 5.97 Å². The minimum atomic E-state index is -1.23. The second-order valence-corrected chi connectivity index (χ2v) is 5.14. The molecule has 1 fully saturated rings. The van der Waals surface area contributed by atoms with Crippen molar-refractivity contribution in [1.29, 1.82) is 0 Å². The third kappa shape index (κ3) is 4.19. The highest BCUT2D eigenvalue weighted by molar-refractivity contribution is 5.89. The van der Waals surface area contributed by atoms with Crippen LogP contribution in [-0.4, -0.2) is 56.1 Å². The number of carbonyl (C=O) groups excluding carboxylic acids is 2. The van der Waals surface area contributed by atoms with Gasteiger partial charge in [0.05, 0.1) is 32.1 Å². The number of rotatable bonds is 5. The first-order valence-corrected chi connectivity index (χ1v) is 7.10. The number of carboxylic acid groups (broad SMARTS) is 1. The summed E-state index contributed by atoms with van der Waals surface area (Å²) in [5.74, 6) is -0.763. The lowest BCUT2D eigenvalue weighted by Crippen LogP contribution is -3.15. The van der Waals surface area contributed by atoms with Crippen LogP contribution in [0.3, 0.4) is 0 Å². The molecule has 0 bridgehead atoms. The molecular formula is C15H20N2O4. The number of amides is 1. The molecule has 0 spiro atoms. The molecule has 1 aromatic rings. The minimum Gasteiger partial charge on any atom is -0.545 e. The largest absolute Gasteiger partial charge is 0.545 e. The van der Waals surface area contributed by atoms with E-state index in [0.717, 1.165) is 32.7 Å². The van der Waals surface area contributed by atoms with E-state index in [1.54, 1.807) is 25.1 Å². The van der Waals surface area contributed by atoms with Crippen molar-refractivity contribution in [3.8, 4) is 5.75 Å². The molecule has 0 aliphatic carbocycles. The van der Waals surface area contributed by atoms with Gasteiger partial charge in [-0.05, 0) is 12.1 Å². The molecule has 6 heteroatoms. The van der Waals surface area contributed by atoms with Gasteiger partial charge in [0, 0.05) is 12.5 Å². The van der Waals surface area contributed by atoms with Crippen molar-refractivity contribution in [2.75, 3.05) is 39.3 Å². The van der Waals surface area contributed by atoms with Crippen LogP contribution >= 0.6 is 0 Å². The summed E-state index contributed by atoms with van der Waals surface area (Å²) in [7, 11) is 0. The summed E-state index contributed by atoms with van der Waals surface area (Å²) in [6.45, 7) is 6.13. The van der Waals surface area contributed by atoms with Crippen LogP contribution in [0.25, 0.3) is 0 Å². The Morgan fingerprint density at radius 1 is 1.29 bits per heavy atom. The number of para-hydroxylation sites is 1. The second kappa shape index (κ2) is 7.08. The molecule has 0 aromatic heterocycles. The van der Waals surface area contributed by atoms with Gasteiger partial charge in [0.2, 0.25) is 5.91 Å². The number of carboxylic acids is 1. The average molecular weight is 292 g/mol. The van der Waals surface area contributed by atoms with Gasteiger partial charge >= 0.3 is 0 Å². The molecule has 1 saturated heterocycles. The monoisotopic (exact) mass is 292 g/mol. The summed E-state index contributed by atoms with van der Waals surface area (Å²) < 4.78 is 5.55. The number of nitrogens with zero attached hydrogens (tertiary/aromatic N) is 1. The molecule has 1 N–H and O–H groups in total. The average Bonchev–Trinajstić information content (AvgIpc) is 2.48. The number of nitrogens with one attached hydrogen (secondary N) is 1. The lowest BCUT2D eigenvalue weighted by molar-refractivity contribution is -0.904. The number of benzene rings is 1. The highest BCUT2D eigenvalue weighted by atomic mass is 16.5. The number of hydrogen-bond donors (Lipinski definition) is 1. The van der Waals surface area contributed by atoms with Crippen LogP contribution in [0.1, 0.15) is 17.3 Å². The van der Waals surface area contributed by atoms with E-state index in [2.05, 4.69) is 0 Å². The van der Waals surface area contributed by atoms with Crippen LogP contribution in [0.2, 0.25) is 0 Å². The predicted octanol–water partition coefficient (Wildman–Crippen LogP) is -1.82. The zero-order valence-corrected chi connectivity index (χ0v) is 12.1. The lowest BCUT2D eigenvalue weighted by atomic mass is 10.2. The molecule has 1 aliphatic heterocycles. The number of aromatic carboxylic acids is 1. The standard InChI is InChI=1S/C15H20N2O4/c1-12(18)17-8-6-16(7-9-17)10-11-21-14-5-3-2-4-13(14)15(19)20/h2-5H,6-11H2,1H3,(H,19,20). The van der Waals surface area contributed by atoms with Gasteiger partial charge in [-0.1, -0.05) is 12.1 Å². The van der Waals surface area contributed by atoms with Gasteiger partial charge in [0.15, 0.2) is 0 Å². The summed E-state index contributed by atoms with van der Waals surface area (Å²) in [6.07, 6.45) is 0. The van der Waals surface area contributed by atoms with Gasteiger partial charge in [-0.15, -0.1) is 0 Å². The van der Waals surface area contributed by atoms with Crippen molar-refractivity contribution in [2.45, 2.75) is 6.92 Å². The molecule has 6 nitrogen and oxygen atoms in total. The van der Waals surface area contributed by atoms with Crippen molar-refractivity contribution >= 4 is 11.9 Å². The Balaban J connectivity index is 1.78. The lowest BCUT2D eigenvalue weighted by Gasteiger charge is -2.31. The van der Waals surface area contributed by atoms with Gasteiger partial charge in [-0.2, -0.15) is 0 Å². The van der Waals surface area contributed by atoms with Gasteiger partial charge in [0.25, 0.3) is 0 Å². The minimum absolute atomic E-state index is 0.0777. The first-order chi connectivity index (χ1) is 10.1. The van der Waals surface area contributed by atoms with Crippen LogP contribution in [0.5, 0.6) is 5.75 Å². The fraction of sp³-hybridized carbons (Fsp3) is 0.467. The zero-order valence-electron chi connectivity index (χ0n) is 12.1. The van der Waals surface area contributed by atoms with Crippen LogP contribution in [-0.2, 0) is 4.79 Å². The third-order valence-electron chi connectivity index (χ3n) is 3.74. The zero-order chi connectivity index (χ0) is 15.2. The number of hydrogen-bond acceptors (Lipinski definition) is 4. The summed E-state index contributed by atoms with van der Waals surface area (Å²) in [4.78, 5) is 25.4. The van der Waals surface area contributed by atoms with Crippen molar-refractivity contribution in [3.05, 3.63) is 29.8 Å². The van der Waals surface area contributed by atoms with E-state index in [1.165, 1.54) is 11.0 Å². The Hall–Kier alpha value is -2.08. The normalized spacial score (nSPS) is 15.8. The van der Waals surface area contributed by atoms with Crippen molar-refractivity contribution in [3.63, 3.8) is 0 Å². The van der Waals surface area contributed by atoms with E-state index in [1.807, 2.05) is 4.90 Å². The molecule has 0 unspecified atom stereocenters. The smallest absolute Gasteiger partial charge is 0.219 e. The van der Waals surface area contributed by atoms with E-state index in [0.29, 0.717) is 12.4 Å². The predicted molar refractivity (Wildman–Crippen MR) is 74.1 cm³/mol. The number of carbonyl (C=O) groups is 2. The number of quaternary nitrogens is 1. The van der Waals surface area contributed by atoms with E-state index >= 15 is 0 Å². The second-order valence-electron chi connectivity index (χ2n) is 5.14. The number of ether oxygens (including phenoxy) is 1. The fourth-order valence-corrected chi connectivity index (χ4v) is 2.45. The van der Waals surface area contributed by atoms with Gasteiger partial charge in [-0.25, -0.2) is 0 Å². The van der Waals surface area contributed by atoms with Crippen LogP contribution < -0.4 is 14.7 Å². The molecule has 1 aromatic carbocycles. The van der Waals surface area contributed by atoms with E-state index in [4.69, 9.17) is 4.74 Å². The van der Waals surface area contributed by atoms with Crippen LogP contribution in [0, 0.1) is 0 Å². The highest BCUT2D eigenvalue weighted by Crippen LogP contribution is 2.16. The Morgan fingerprint density at radius 2 is 1.95 bits per heavy atom. The fourth-order valence-electron chi connectivity index (χ4n) is 2.45. The summed E-state index contributed by atoms with van der Waals surface area (Å²) >= 11 is 0. The molecule has 0 radical (unpaired) electrons. The Kier molecular flexibility index (Phi) is 5.16. The van der Waals surface area contributed by atoms with E-state index in [9.17, 15) is 14.7 Å². The first kappa shape index (κ1) is 15.3. The highest BCUT2D eigenvalue weighted by Gasteiger charge is 2.21. The van der Waals surface area contributed by atoms with Crippen molar-refractivity contribution < 1.29 is 24.3 Å². The molecule has 1 aliphatic rings. The molecule has 21 heavy (non-hydrogen) atoms. The topological polar surface area (TPSA) is 74.1 Å². The van der Waals surface area contributed by atoms with Crippen LogP contribution in [0.4, 0.5) is 0 Å². The molecular weight excluding hydrogens is 272 g/mol. The molecule has 0 atom stereocenters. The maximum absolute atomic E-state index is 11.2. The Morgan fingerprint density at radius 3 is 2.57 bits per heavy atom. The summed E-state index contributed by atoms with van der Waals surface area (Å²) in [5.41, 5.74) is 0.0777. The maximum Gasteiger partial charge on any atom is 0.219 e. The molecule has 1 heterocycles. The molecule has 2 rings (SSSR count). The van der Waals surface area contributed by atoms with E-state index in [-0.39, 0.29) is 11.5 Å². The van der Waals surface area contributed by atoms with Crippen molar-refractivity contribution in [2.24, 2.45) is 0 Å². The Labute approximate surface area is 123 Å². The third-order valence-corrected chi connectivity index (χ3v) is 3.74. The first-order valence-electron chi connectivity index (χ1n) is 7.10. The van der Waals surface area contributed by atoms with Gasteiger partial charge in [-0.3, -0.25) is 4.79 Å². The molecule has 0 saturated carbocycles. The Bertz CT molecular complexity index is 510. The number of piperazine rings is 1. The van der Waals surface area contributed by atoms with Gasteiger partial charge in [0.1, 0.15) is 18.9 Å². The molecule has 114 valence electrons.